The van der Waals surface area contributed by atoms with Crippen LogP contribution in [0.2, 0.25) is 0 Å². The zero-order valence-electron chi connectivity index (χ0n) is 19.0. The number of hydrogen-bond donors (Lipinski definition) is 3. The minimum Gasteiger partial charge on any atom is -0.357 e. The zero-order valence-corrected chi connectivity index (χ0v) is 19.0. The van der Waals surface area contributed by atoms with Gasteiger partial charge < -0.3 is 20.9 Å². The van der Waals surface area contributed by atoms with E-state index in [1.54, 1.807) is 0 Å². The van der Waals surface area contributed by atoms with Crippen molar-refractivity contribution in [2.45, 2.75) is 46.6 Å². The molecule has 2 aromatic carbocycles. The average molecular weight is 422 g/mol. The van der Waals surface area contributed by atoms with E-state index in [-0.39, 0.29) is 6.03 Å². The van der Waals surface area contributed by atoms with Gasteiger partial charge in [0, 0.05) is 31.9 Å². The van der Waals surface area contributed by atoms with Crippen molar-refractivity contribution < 1.29 is 4.79 Å². The normalized spacial score (nSPS) is 13.9. The summed E-state index contributed by atoms with van der Waals surface area (Å²) in [6, 6.07) is 14.6. The molecule has 0 aromatic heterocycles. The number of aliphatic imine (C=N–C) groups is 1. The van der Waals surface area contributed by atoms with Crippen LogP contribution >= 0.6 is 0 Å². The van der Waals surface area contributed by atoms with E-state index >= 15 is 0 Å². The lowest BCUT2D eigenvalue weighted by molar-refractivity contribution is 0.222. The molecule has 0 unspecified atom stereocenters. The molecule has 2 amide bonds. The van der Waals surface area contributed by atoms with Crippen LogP contribution in [0.15, 0.2) is 47.5 Å². The van der Waals surface area contributed by atoms with Gasteiger partial charge in [0.1, 0.15) is 0 Å². The highest BCUT2D eigenvalue weighted by Crippen LogP contribution is 2.15. The van der Waals surface area contributed by atoms with Crippen molar-refractivity contribution in [3.05, 3.63) is 64.7 Å². The predicted molar refractivity (Wildman–Crippen MR) is 129 cm³/mol. The summed E-state index contributed by atoms with van der Waals surface area (Å²) in [5.74, 6) is 0.804. The Labute approximate surface area is 186 Å². The predicted octanol–water partition coefficient (Wildman–Crippen LogP) is 4.23. The van der Waals surface area contributed by atoms with E-state index in [0.29, 0.717) is 6.54 Å². The van der Waals surface area contributed by atoms with Crippen LogP contribution in [0.25, 0.3) is 0 Å². The minimum atomic E-state index is -0.0143. The van der Waals surface area contributed by atoms with Gasteiger partial charge in [0.25, 0.3) is 0 Å². The second kappa shape index (κ2) is 11.4. The summed E-state index contributed by atoms with van der Waals surface area (Å²) < 4.78 is 0. The molecule has 0 spiro atoms. The Morgan fingerprint density at radius 1 is 1.00 bits per heavy atom. The van der Waals surface area contributed by atoms with Gasteiger partial charge in [-0.3, -0.25) is 0 Å². The second-order valence-corrected chi connectivity index (χ2v) is 8.19. The topological polar surface area (TPSA) is 68.8 Å². The molecule has 0 radical (unpaired) electrons. The van der Waals surface area contributed by atoms with Gasteiger partial charge in [0.05, 0.1) is 6.54 Å². The van der Waals surface area contributed by atoms with Crippen LogP contribution in [-0.4, -0.2) is 43.1 Å². The Kier molecular flexibility index (Phi) is 8.33. The molecule has 3 N–H and O–H groups in total. The number of anilines is 1. The number of amides is 2. The standard InChI is InChI=1S/C25H35N5O/c1-4-26-24(27-11-10-21-15-19(2)14-20(3)16-21)28-18-22-8-7-9-23(17-22)29-25(31)30-12-5-6-13-30/h7-9,14-17H,4-6,10-13,18H2,1-3H3,(H,29,31)(H2,26,27,28). The van der Waals surface area contributed by atoms with Crippen molar-refractivity contribution in [3.63, 3.8) is 0 Å². The van der Waals surface area contributed by atoms with Gasteiger partial charge in [0.15, 0.2) is 5.96 Å². The number of nitrogens with zero attached hydrogens (tertiary/aromatic N) is 2. The molecule has 1 saturated heterocycles. The van der Waals surface area contributed by atoms with E-state index in [9.17, 15) is 4.79 Å². The Morgan fingerprint density at radius 3 is 2.45 bits per heavy atom. The maximum Gasteiger partial charge on any atom is 0.321 e. The third-order valence-electron chi connectivity index (χ3n) is 5.32. The van der Waals surface area contributed by atoms with Gasteiger partial charge in [0.2, 0.25) is 0 Å². The minimum absolute atomic E-state index is 0.0143. The fourth-order valence-electron chi connectivity index (χ4n) is 3.92. The van der Waals surface area contributed by atoms with E-state index in [4.69, 9.17) is 4.99 Å². The molecule has 0 atom stereocenters. The molecule has 1 fully saturated rings. The van der Waals surface area contributed by atoms with Crippen LogP contribution in [-0.2, 0) is 13.0 Å². The number of aryl methyl sites for hydroxylation is 2. The number of likely N-dealkylation sites (tertiary alicyclic amines) is 1. The SMILES string of the molecule is CCNC(=NCc1cccc(NC(=O)N2CCCC2)c1)NCCc1cc(C)cc(C)c1. The van der Waals surface area contributed by atoms with Crippen LogP contribution in [0.3, 0.4) is 0 Å². The molecule has 1 aliphatic heterocycles. The molecule has 166 valence electrons. The Bertz CT molecular complexity index is 882. The maximum atomic E-state index is 12.3. The van der Waals surface area contributed by atoms with E-state index in [2.05, 4.69) is 54.9 Å². The van der Waals surface area contributed by atoms with E-state index < -0.39 is 0 Å². The smallest absolute Gasteiger partial charge is 0.321 e. The van der Waals surface area contributed by atoms with Gasteiger partial charge in [-0.1, -0.05) is 41.5 Å². The number of guanidine groups is 1. The average Bonchev–Trinajstić information content (AvgIpc) is 3.27. The van der Waals surface area contributed by atoms with E-state index in [1.165, 1.54) is 16.7 Å². The van der Waals surface area contributed by atoms with E-state index in [1.807, 2.05) is 29.2 Å². The quantitative estimate of drug-likeness (QED) is 0.463. The van der Waals surface area contributed by atoms with Crippen molar-refractivity contribution >= 4 is 17.7 Å². The highest BCUT2D eigenvalue weighted by molar-refractivity contribution is 5.89. The molecule has 0 bridgehead atoms. The van der Waals surface area contributed by atoms with Crippen molar-refractivity contribution in [1.29, 1.82) is 0 Å². The molecule has 1 heterocycles. The van der Waals surface area contributed by atoms with Crippen molar-refractivity contribution in [2.75, 3.05) is 31.5 Å². The van der Waals surface area contributed by atoms with Gasteiger partial charge in [-0.2, -0.15) is 0 Å². The molecule has 31 heavy (non-hydrogen) atoms. The van der Waals surface area contributed by atoms with Gasteiger partial charge in [-0.15, -0.1) is 0 Å². The fourth-order valence-corrected chi connectivity index (χ4v) is 3.92. The van der Waals surface area contributed by atoms with Crippen molar-refractivity contribution in [1.82, 2.24) is 15.5 Å². The largest absolute Gasteiger partial charge is 0.357 e. The fraction of sp³-hybridized carbons (Fsp3) is 0.440. The molecule has 6 heteroatoms. The third kappa shape index (κ3) is 7.31. The lowest BCUT2D eigenvalue weighted by atomic mass is 10.1. The molecule has 6 nitrogen and oxygen atoms in total. The number of urea groups is 1. The number of hydrogen-bond acceptors (Lipinski definition) is 2. The summed E-state index contributed by atoms with van der Waals surface area (Å²) >= 11 is 0. The number of benzene rings is 2. The van der Waals surface area contributed by atoms with E-state index in [0.717, 1.165) is 62.7 Å². The monoisotopic (exact) mass is 421 g/mol. The lowest BCUT2D eigenvalue weighted by Gasteiger charge is -2.16. The maximum absolute atomic E-state index is 12.3. The van der Waals surface area contributed by atoms with Crippen LogP contribution in [0.1, 0.15) is 42.0 Å². The first-order valence-corrected chi connectivity index (χ1v) is 11.3. The van der Waals surface area contributed by atoms with Crippen molar-refractivity contribution in [3.8, 4) is 0 Å². The summed E-state index contributed by atoms with van der Waals surface area (Å²) in [5.41, 5.74) is 5.81. The Morgan fingerprint density at radius 2 is 1.74 bits per heavy atom. The molecular formula is C25H35N5O. The highest BCUT2D eigenvalue weighted by Gasteiger charge is 2.17. The summed E-state index contributed by atoms with van der Waals surface area (Å²) in [6.45, 7) is 10.2. The summed E-state index contributed by atoms with van der Waals surface area (Å²) in [7, 11) is 0. The van der Waals surface area contributed by atoms with Crippen molar-refractivity contribution in [2.24, 2.45) is 4.99 Å². The van der Waals surface area contributed by atoms with Crippen LogP contribution in [0.4, 0.5) is 10.5 Å². The summed E-state index contributed by atoms with van der Waals surface area (Å²) in [4.78, 5) is 18.9. The van der Waals surface area contributed by atoms with Gasteiger partial charge in [-0.25, -0.2) is 9.79 Å². The zero-order chi connectivity index (χ0) is 22.1. The number of carbonyl (C=O) groups excluding carboxylic acids is 1. The molecule has 2 aromatic rings. The van der Waals surface area contributed by atoms with Crippen LogP contribution in [0, 0.1) is 13.8 Å². The first kappa shape index (κ1) is 22.7. The van der Waals surface area contributed by atoms with Crippen LogP contribution in [0.5, 0.6) is 0 Å². The molecule has 0 aliphatic carbocycles. The number of rotatable bonds is 7. The van der Waals surface area contributed by atoms with Crippen LogP contribution < -0.4 is 16.0 Å². The first-order valence-electron chi connectivity index (χ1n) is 11.3. The lowest BCUT2D eigenvalue weighted by Crippen LogP contribution is -2.38. The highest BCUT2D eigenvalue weighted by atomic mass is 16.2. The van der Waals surface area contributed by atoms with Gasteiger partial charge >= 0.3 is 6.03 Å². The Balaban J connectivity index is 1.54. The molecular weight excluding hydrogens is 386 g/mol. The third-order valence-corrected chi connectivity index (χ3v) is 5.32. The summed E-state index contributed by atoms with van der Waals surface area (Å²) in [6.07, 6.45) is 3.13. The summed E-state index contributed by atoms with van der Waals surface area (Å²) in [5, 5.41) is 9.74. The number of nitrogens with one attached hydrogen (secondary N) is 3. The number of carbonyl (C=O) groups is 1. The molecule has 0 saturated carbocycles. The molecule has 1 aliphatic rings. The van der Waals surface area contributed by atoms with Gasteiger partial charge in [-0.05, 0) is 63.3 Å². The Hall–Kier alpha value is -3.02. The first-order chi connectivity index (χ1) is 15.0. The molecule has 3 rings (SSSR count). The second-order valence-electron chi connectivity index (χ2n) is 8.19.